The van der Waals surface area contributed by atoms with Crippen LogP contribution in [0.2, 0.25) is 0 Å². The Labute approximate surface area is 116 Å². The van der Waals surface area contributed by atoms with Crippen molar-refractivity contribution in [1.82, 2.24) is 10.3 Å². The van der Waals surface area contributed by atoms with Crippen molar-refractivity contribution in [3.63, 3.8) is 0 Å². The number of aromatic nitrogens is 1. The zero-order chi connectivity index (χ0) is 14.7. The molecule has 0 spiro atoms. The summed E-state index contributed by atoms with van der Waals surface area (Å²) in [7, 11) is 1.65. The van der Waals surface area contributed by atoms with Crippen LogP contribution in [0.3, 0.4) is 0 Å². The standard InChI is InChI=1S/C13H18N4O3/c1-8-3-4-9(5-8)16-13(18)10-6-12(14-2)15-7-11(10)17(19)20/h6-9H,3-5H2,1-2H3,(H,14,15)(H,16,18). The Morgan fingerprint density at radius 3 is 2.80 bits per heavy atom. The van der Waals surface area contributed by atoms with Crippen molar-refractivity contribution in [3.05, 3.63) is 27.9 Å². The molecule has 7 nitrogen and oxygen atoms in total. The van der Waals surface area contributed by atoms with Gasteiger partial charge in [0.2, 0.25) is 0 Å². The fourth-order valence-corrected chi connectivity index (χ4v) is 2.51. The van der Waals surface area contributed by atoms with E-state index in [2.05, 4.69) is 22.5 Å². The molecule has 0 bridgehead atoms. The van der Waals surface area contributed by atoms with Crippen molar-refractivity contribution in [1.29, 1.82) is 0 Å². The molecule has 1 amide bonds. The quantitative estimate of drug-likeness (QED) is 0.648. The second-order valence-electron chi connectivity index (χ2n) is 5.18. The lowest BCUT2D eigenvalue weighted by atomic mass is 10.1. The smallest absolute Gasteiger partial charge is 0.300 e. The number of nitrogens with zero attached hydrogens (tertiary/aromatic N) is 2. The molecule has 108 valence electrons. The van der Waals surface area contributed by atoms with Crippen LogP contribution < -0.4 is 10.6 Å². The van der Waals surface area contributed by atoms with Gasteiger partial charge in [0.25, 0.3) is 11.6 Å². The predicted molar refractivity (Wildman–Crippen MR) is 74.7 cm³/mol. The van der Waals surface area contributed by atoms with Gasteiger partial charge >= 0.3 is 0 Å². The summed E-state index contributed by atoms with van der Waals surface area (Å²) in [5, 5.41) is 16.6. The molecular formula is C13H18N4O3. The summed E-state index contributed by atoms with van der Waals surface area (Å²) in [6.45, 7) is 2.14. The van der Waals surface area contributed by atoms with Crippen molar-refractivity contribution >= 4 is 17.4 Å². The van der Waals surface area contributed by atoms with Gasteiger partial charge in [0.15, 0.2) is 0 Å². The number of rotatable bonds is 4. The number of hydrogen-bond donors (Lipinski definition) is 2. The zero-order valence-corrected chi connectivity index (χ0v) is 11.5. The topological polar surface area (TPSA) is 97.2 Å². The van der Waals surface area contributed by atoms with Crippen LogP contribution in [0.5, 0.6) is 0 Å². The average molecular weight is 278 g/mol. The SMILES string of the molecule is CNc1cc(C(=O)NC2CCC(C)C2)c([N+](=O)[O-])cn1. The van der Waals surface area contributed by atoms with Gasteiger partial charge in [0, 0.05) is 19.2 Å². The van der Waals surface area contributed by atoms with Crippen molar-refractivity contribution in [2.75, 3.05) is 12.4 Å². The van der Waals surface area contributed by atoms with Crippen LogP contribution in [0.15, 0.2) is 12.3 Å². The van der Waals surface area contributed by atoms with Crippen LogP contribution in [-0.2, 0) is 0 Å². The van der Waals surface area contributed by atoms with Gasteiger partial charge in [-0.2, -0.15) is 0 Å². The number of carbonyl (C=O) groups is 1. The first-order valence-corrected chi connectivity index (χ1v) is 6.64. The molecule has 20 heavy (non-hydrogen) atoms. The third-order valence-corrected chi connectivity index (χ3v) is 3.61. The second-order valence-corrected chi connectivity index (χ2v) is 5.18. The molecular weight excluding hydrogens is 260 g/mol. The van der Waals surface area contributed by atoms with E-state index in [1.807, 2.05) is 0 Å². The van der Waals surface area contributed by atoms with Gasteiger partial charge in [-0.15, -0.1) is 0 Å². The fraction of sp³-hybridized carbons (Fsp3) is 0.538. The minimum absolute atomic E-state index is 0.0499. The minimum atomic E-state index is -0.585. The largest absolute Gasteiger partial charge is 0.373 e. The van der Waals surface area contributed by atoms with Gasteiger partial charge in [0.05, 0.1) is 4.92 Å². The number of hydrogen-bond acceptors (Lipinski definition) is 5. The second kappa shape index (κ2) is 5.85. The maximum atomic E-state index is 12.2. The van der Waals surface area contributed by atoms with Gasteiger partial charge in [-0.25, -0.2) is 4.98 Å². The van der Waals surface area contributed by atoms with E-state index in [0.29, 0.717) is 11.7 Å². The number of anilines is 1. The molecule has 1 aliphatic carbocycles. The maximum Gasteiger partial charge on any atom is 0.300 e. The van der Waals surface area contributed by atoms with Gasteiger partial charge in [-0.1, -0.05) is 6.92 Å². The molecule has 2 N–H and O–H groups in total. The lowest BCUT2D eigenvalue weighted by molar-refractivity contribution is -0.385. The summed E-state index contributed by atoms with van der Waals surface area (Å²) in [6, 6.07) is 1.51. The highest BCUT2D eigenvalue weighted by Crippen LogP contribution is 2.26. The van der Waals surface area contributed by atoms with Crippen LogP contribution in [0.4, 0.5) is 11.5 Å². The molecule has 0 aliphatic heterocycles. The lowest BCUT2D eigenvalue weighted by Gasteiger charge is -2.13. The highest BCUT2D eigenvalue weighted by Gasteiger charge is 2.27. The Kier molecular flexibility index (Phi) is 4.16. The maximum absolute atomic E-state index is 12.2. The van der Waals surface area contributed by atoms with E-state index in [-0.39, 0.29) is 17.3 Å². The van der Waals surface area contributed by atoms with Gasteiger partial charge < -0.3 is 10.6 Å². The van der Waals surface area contributed by atoms with Crippen molar-refractivity contribution < 1.29 is 9.72 Å². The number of nitro groups is 1. The van der Waals surface area contributed by atoms with E-state index in [0.717, 1.165) is 25.5 Å². The normalized spacial score (nSPS) is 21.5. The van der Waals surface area contributed by atoms with Crippen LogP contribution in [0.25, 0.3) is 0 Å². The minimum Gasteiger partial charge on any atom is -0.373 e. The average Bonchev–Trinajstić information content (AvgIpc) is 2.83. The summed E-state index contributed by atoms with van der Waals surface area (Å²) < 4.78 is 0. The fourth-order valence-electron chi connectivity index (χ4n) is 2.51. The Balaban J connectivity index is 2.21. The van der Waals surface area contributed by atoms with E-state index in [1.54, 1.807) is 7.05 Å². The third kappa shape index (κ3) is 3.04. The lowest BCUT2D eigenvalue weighted by Crippen LogP contribution is -2.33. The summed E-state index contributed by atoms with van der Waals surface area (Å²) >= 11 is 0. The van der Waals surface area contributed by atoms with Gasteiger partial charge in [-0.3, -0.25) is 14.9 Å². The molecule has 2 rings (SSSR count). The first kappa shape index (κ1) is 14.2. The third-order valence-electron chi connectivity index (χ3n) is 3.61. The van der Waals surface area contributed by atoms with Crippen LogP contribution in [0, 0.1) is 16.0 Å². The predicted octanol–water partition coefficient (Wildman–Crippen LogP) is 1.95. The van der Waals surface area contributed by atoms with Crippen molar-refractivity contribution in [2.24, 2.45) is 5.92 Å². The van der Waals surface area contributed by atoms with E-state index in [4.69, 9.17) is 0 Å². The molecule has 1 aliphatic rings. The van der Waals surface area contributed by atoms with E-state index in [9.17, 15) is 14.9 Å². The Bertz CT molecular complexity index is 532. The zero-order valence-electron chi connectivity index (χ0n) is 11.5. The molecule has 2 unspecified atom stereocenters. The Hall–Kier alpha value is -2.18. The summed E-state index contributed by atoms with van der Waals surface area (Å²) in [5.74, 6) is 0.607. The number of carbonyl (C=O) groups excluding carboxylic acids is 1. The molecule has 1 heterocycles. The van der Waals surface area contributed by atoms with Crippen LogP contribution in [-0.4, -0.2) is 28.9 Å². The van der Waals surface area contributed by atoms with Gasteiger partial charge in [-0.05, 0) is 25.2 Å². The summed E-state index contributed by atoms with van der Waals surface area (Å²) in [5.41, 5.74) is -0.221. The van der Waals surface area contributed by atoms with Gasteiger partial charge in [0.1, 0.15) is 17.6 Å². The van der Waals surface area contributed by atoms with E-state index >= 15 is 0 Å². The summed E-state index contributed by atoms with van der Waals surface area (Å²) in [4.78, 5) is 26.5. The molecule has 1 aromatic rings. The van der Waals surface area contributed by atoms with E-state index in [1.165, 1.54) is 6.07 Å². The molecule has 7 heteroatoms. The van der Waals surface area contributed by atoms with Crippen molar-refractivity contribution in [2.45, 2.75) is 32.2 Å². The Morgan fingerprint density at radius 1 is 1.50 bits per heavy atom. The molecule has 1 fully saturated rings. The summed E-state index contributed by atoms with van der Waals surface area (Å²) in [6.07, 6.45) is 4.03. The van der Waals surface area contributed by atoms with E-state index < -0.39 is 10.8 Å². The monoisotopic (exact) mass is 278 g/mol. The molecule has 2 atom stereocenters. The molecule has 0 radical (unpaired) electrons. The molecule has 1 aromatic heterocycles. The first-order valence-electron chi connectivity index (χ1n) is 6.64. The number of nitrogens with one attached hydrogen (secondary N) is 2. The molecule has 0 saturated heterocycles. The highest BCUT2D eigenvalue weighted by molar-refractivity contribution is 5.98. The Morgan fingerprint density at radius 2 is 2.25 bits per heavy atom. The molecule has 0 aromatic carbocycles. The highest BCUT2D eigenvalue weighted by atomic mass is 16.6. The van der Waals surface area contributed by atoms with Crippen LogP contribution in [0.1, 0.15) is 36.5 Å². The number of amides is 1. The number of pyridine rings is 1. The van der Waals surface area contributed by atoms with Crippen LogP contribution >= 0.6 is 0 Å². The first-order chi connectivity index (χ1) is 9.51. The van der Waals surface area contributed by atoms with Crippen molar-refractivity contribution in [3.8, 4) is 0 Å². The molecule has 1 saturated carbocycles.